The molecule has 0 aliphatic rings. The van der Waals surface area contributed by atoms with Crippen LogP contribution < -0.4 is 5.32 Å². The molecule has 0 aliphatic heterocycles. The minimum absolute atomic E-state index is 0.0156. The van der Waals surface area contributed by atoms with E-state index in [9.17, 15) is 4.79 Å². The lowest BCUT2D eigenvalue weighted by molar-refractivity contribution is 0.0962. The van der Waals surface area contributed by atoms with Crippen LogP contribution in [0.15, 0.2) is 16.7 Å². The smallest absolute Gasteiger partial charge is 0.253 e. The summed E-state index contributed by atoms with van der Waals surface area (Å²) in [6.07, 6.45) is -0.253. The van der Waals surface area contributed by atoms with E-state index in [0.717, 1.165) is 0 Å². The standard InChI is InChI=1S/C7H6BrClN2O/c1-10-7(12)4-3-11-6(9)2-5(4)8/h2-3H,1H3,(H,10,12)/i2D,3D. The number of hydrogen-bond donors (Lipinski definition) is 1. The van der Waals surface area contributed by atoms with Gasteiger partial charge in [0, 0.05) is 17.7 Å². The highest BCUT2D eigenvalue weighted by molar-refractivity contribution is 9.10. The Morgan fingerprint density at radius 3 is 3.17 bits per heavy atom. The van der Waals surface area contributed by atoms with E-state index in [4.69, 9.17) is 14.3 Å². The van der Waals surface area contributed by atoms with E-state index in [1.807, 2.05) is 0 Å². The van der Waals surface area contributed by atoms with E-state index in [2.05, 4.69) is 26.2 Å². The molecule has 1 N–H and O–H groups in total. The summed E-state index contributed by atoms with van der Waals surface area (Å²) >= 11 is 8.59. The molecule has 0 spiro atoms. The summed E-state index contributed by atoms with van der Waals surface area (Å²) in [6.45, 7) is 0. The topological polar surface area (TPSA) is 42.0 Å². The number of aromatic nitrogens is 1. The lowest BCUT2D eigenvalue weighted by Crippen LogP contribution is -2.18. The molecule has 12 heavy (non-hydrogen) atoms. The molecule has 0 saturated heterocycles. The van der Waals surface area contributed by atoms with Crippen LogP contribution in [0.3, 0.4) is 0 Å². The number of halogens is 2. The summed E-state index contributed by atoms with van der Waals surface area (Å²) in [7, 11) is 1.44. The normalized spacial score (nSPS) is 11.9. The second kappa shape index (κ2) is 3.87. The molecule has 0 fully saturated rings. The highest BCUT2D eigenvalue weighted by atomic mass is 79.9. The van der Waals surface area contributed by atoms with Crippen LogP contribution in [-0.2, 0) is 0 Å². The van der Waals surface area contributed by atoms with Crippen molar-refractivity contribution < 1.29 is 7.54 Å². The van der Waals surface area contributed by atoms with Gasteiger partial charge in [0.25, 0.3) is 5.91 Å². The first-order valence-corrected chi connectivity index (χ1v) is 4.20. The molecule has 0 aliphatic carbocycles. The average molecular weight is 252 g/mol. The zero-order valence-electron chi connectivity index (χ0n) is 8.11. The number of nitrogens with zero attached hydrogens (tertiary/aromatic N) is 1. The van der Waals surface area contributed by atoms with Crippen molar-refractivity contribution in [2.24, 2.45) is 0 Å². The van der Waals surface area contributed by atoms with Gasteiger partial charge in [-0.05, 0) is 22.0 Å². The Hall–Kier alpha value is -0.610. The number of rotatable bonds is 1. The van der Waals surface area contributed by atoms with Crippen molar-refractivity contribution in [2.75, 3.05) is 7.05 Å². The van der Waals surface area contributed by atoms with Gasteiger partial charge >= 0.3 is 0 Å². The molecule has 3 nitrogen and oxygen atoms in total. The molecule has 0 saturated carbocycles. The van der Waals surface area contributed by atoms with E-state index in [0.29, 0.717) is 0 Å². The van der Waals surface area contributed by atoms with Crippen LogP contribution in [0.1, 0.15) is 13.1 Å². The molecule has 5 heteroatoms. The maximum Gasteiger partial charge on any atom is 0.253 e. The van der Waals surface area contributed by atoms with Crippen molar-refractivity contribution in [3.63, 3.8) is 0 Å². The fourth-order valence-corrected chi connectivity index (χ4v) is 1.32. The molecule has 1 rings (SSSR count). The molecule has 0 bridgehead atoms. The van der Waals surface area contributed by atoms with Gasteiger partial charge in [-0.1, -0.05) is 11.6 Å². The van der Waals surface area contributed by atoms with Crippen molar-refractivity contribution in [1.82, 2.24) is 10.3 Å². The van der Waals surface area contributed by atoms with Gasteiger partial charge in [0.1, 0.15) is 5.15 Å². The van der Waals surface area contributed by atoms with Crippen molar-refractivity contribution in [3.8, 4) is 0 Å². The molecule has 1 aromatic rings. The van der Waals surface area contributed by atoms with Gasteiger partial charge in [0.15, 0.2) is 0 Å². The Morgan fingerprint density at radius 1 is 1.92 bits per heavy atom. The number of amides is 1. The first-order chi connectivity index (χ1) is 6.49. The Kier molecular flexibility index (Phi) is 2.21. The number of hydrogen-bond acceptors (Lipinski definition) is 2. The first kappa shape index (κ1) is 6.86. The predicted molar refractivity (Wildman–Crippen MR) is 50.3 cm³/mol. The predicted octanol–water partition coefficient (Wildman–Crippen LogP) is 1.86. The van der Waals surface area contributed by atoms with Gasteiger partial charge in [0.05, 0.1) is 8.30 Å². The van der Waals surface area contributed by atoms with Crippen LogP contribution in [0.25, 0.3) is 0 Å². The van der Waals surface area contributed by atoms with Crippen LogP contribution >= 0.6 is 27.5 Å². The van der Waals surface area contributed by atoms with Crippen LogP contribution in [0.2, 0.25) is 5.15 Å². The largest absolute Gasteiger partial charge is 0.355 e. The Bertz CT molecular complexity index is 400. The summed E-state index contributed by atoms with van der Waals surface area (Å²) in [6, 6.07) is -0.0960. The molecular weight excluding hydrogens is 243 g/mol. The van der Waals surface area contributed by atoms with Crippen LogP contribution in [0, 0.1) is 0 Å². The van der Waals surface area contributed by atoms with Gasteiger partial charge in [-0.25, -0.2) is 4.98 Å². The summed E-state index contributed by atoms with van der Waals surface area (Å²) in [5, 5.41) is 2.25. The lowest BCUT2D eigenvalue weighted by atomic mass is 10.3. The van der Waals surface area contributed by atoms with E-state index < -0.39 is 5.91 Å². The minimum atomic E-state index is -0.473. The Morgan fingerprint density at radius 2 is 2.58 bits per heavy atom. The second-order valence-corrected chi connectivity index (χ2v) is 3.06. The fourth-order valence-electron chi connectivity index (χ4n) is 0.611. The van der Waals surface area contributed by atoms with Crippen molar-refractivity contribution in [3.05, 3.63) is 27.4 Å². The molecule has 0 radical (unpaired) electrons. The first-order valence-electron chi connectivity index (χ1n) is 4.03. The van der Waals surface area contributed by atoms with Crippen LogP contribution in [-0.4, -0.2) is 17.9 Å². The van der Waals surface area contributed by atoms with Crippen molar-refractivity contribution in [2.45, 2.75) is 0 Å². The highest BCUT2D eigenvalue weighted by Gasteiger charge is 2.08. The second-order valence-electron chi connectivity index (χ2n) is 1.91. The molecule has 64 valence electrons. The third-order valence-corrected chi connectivity index (χ3v) is 1.93. The van der Waals surface area contributed by atoms with Gasteiger partial charge < -0.3 is 5.32 Å². The minimum Gasteiger partial charge on any atom is -0.355 e. The van der Waals surface area contributed by atoms with Crippen LogP contribution in [0.5, 0.6) is 0 Å². The Balaban J connectivity index is 3.44. The van der Waals surface area contributed by atoms with Gasteiger partial charge in [-0.15, -0.1) is 0 Å². The van der Waals surface area contributed by atoms with Gasteiger partial charge in [-0.2, -0.15) is 0 Å². The molecule has 0 atom stereocenters. The molecule has 0 unspecified atom stereocenters. The van der Waals surface area contributed by atoms with E-state index in [1.54, 1.807) is 0 Å². The third kappa shape index (κ3) is 1.95. The lowest BCUT2D eigenvalue weighted by Gasteiger charge is -2.01. The van der Waals surface area contributed by atoms with E-state index >= 15 is 0 Å². The summed E-state index contributed by atoms with van der Waals surface area (Å²) in [5.74, 6) is -0.473. The van der Waals surface area contributed by atoms with Crippen LogP contribution in [0.4, 0.5) is 0 Å². The summed E-state index contributed by atoms with van der Waals surface area (Å²) in [5.41, 5.74) is 0.0156. The van der Waals surface area contributed by atoms with E-state index in [-0.39, 0.29) is 27.4 Å². The van der Waals surface area contributed by atoms with Crippen molar-refractivity contribution in [1.29, 1.82) is 0 Å². The summed E-state index contributed by atoms with van der Waals surface area (Å²) < 4.78 is 15.0. The number of carbonyl (C=O) groups is 1. The average Bonchev–Trinajstić information content (AvgIpc) is 2.14. The molecule has 1 amide bonds. The maximum absolute atomic E-state index is 11.3. The third-order valence-electron chi connectivity index (χ3n) is 1.15. The molecule has 0 aromatic carbocycles. The van der Waals surface area contributed by atoms with E-state index in [1.165, 1.54) is 7.05 Å². The Labute approximate surface area is 86.1 Å². The SMILES string of the molecule is [2H]c1nc(Cl)c([2H])c(Br)c1C(=O)NC. The fraction of sp³-hybridized carbons (Fsp3) is 0.143. The maximum atomic E-state index is 11.3. The summed E-state index contributed by atoms with van der Waals surface area (Å²) in [4.78, 5) is 14.8. The zero-order valence-corrected chi connectivity index (χ0v) is 8.45. The van der Waals surface area contributed by atoms with Gasteiger partial charge in [0.2, 0.25) is 0 Å². The molecule has 1 heterocycles. The monoisotopic (exact) mass is 250 g/mol. The molecular formula is C7H6BrClN2O. The van der Waals surface area contributed by atoms with Crippen molar-refractivity contribution >= 4 is 33.4 Å². The number of nitrogens with one attached hydrogen (secondary N) is 1. The quantitative estimate of drug-likeness (QED) is 0.774. The zero-order chi connectivity index (χ0) is 10.9. The number of carbonyl (C=O) groups excluding carboxylic acids is 1. The molecule has 1 aromatic heterocycles. The van der Waals surface area contributed by atoms with Gasteiger partial charge in [-0.3, -0.25) is 4.79 Å². The highest BCUT2D eigenvalue weighted by Crippen LogP contribution is 2.18. The number of pyridine rings is 1.